The summed E-state index contributed by atoms with van der Waals surface area (Å²) in [5.41, 5.74) is 4.14. The summed E-state index contributed by atoms with van der Waals surface area (Å²) >= 11 is 1.90. The Morgan fingerprint density at radius 1 is 1.29 bits per heavy atom. The van der Waals surface area contributed by atoms with E-state index in [4.69, 9.17) is 4.74 Å². The molecule has 112 valence electrons. The lowest BCUT2D eigenvalue weighted by Gasteiger charge is -2.17. The third-order valence-corrected chi connectivity index (χ3v) is 5.42. The van der Waals surface area contributed by atoms with Crippen LogP contribution in [0.3, 0.4) is 0 Å². The Balaban J connectivity index is 1.70. The van der Waals surface area contributed by atoms with Crippen molar-refractivity contribution in [2.24, 2.45) is 0 Å². The van der Waals surface area contributed by atoms with Gasteiger partial charge < -0.3 is 10.1 Å². The van der Waals surface area contributed by atoms with Crippen molar-refractivity contribution in [1.82, 2.24) is 5.32 Å². The van der Waals surface area contributed by atoms with E-state index < -0.39 is 0 Å². The third kappa shape index (κ3) is 3.14. The molecule has 1 unspecified atom stereocenters. The predicted molar refractivity (Wildman–Crippen MR) is 89.3 cm³/mol. The number of fused-ring (bicyclic) bond motifs is 1. The van der Waals surface area contributed by atoms with Crippen LogP contribution in [0, 0.1) is 13.8 Å². The van der Waals surface area contributed by atoms with Crippen LogP contribution in [0.1, 0.15) is 45.8 Å². The summed E-state index contributed by atoms with van der Waals surface area (Å²) in [6.45, 7) is 8.41. The number of benzene rings is 1. The molecule has 3 rings (SSSR count). The molecule has 2 nitrogen and oxygen atoms in total. The van der Waals surface area contributed by atoms with Gasteiger partial charge in [-0.25, -0.2) is 0 Å². The monoisotopic (exact) mass is 301 g/mol. The maximum Gasteiger partial charge on any atom is 0.122 e. The van der Waals surface area contributed by atoms with Crippen LogP contribution in [0.25, 0.3) is 0 Å². The Kier molecular flexibility index (Phi) is 4.32. The average molecular weight is 301 g/mol. The summed E-state index contributed by atoms with van der Waals surface area (Å²) in [5.74, 6) is 1.07. The lowest BCUT2D eigenvalue weighted by molar-refractivity contribution is 0.356. The van der Waals surface area contributed by atoms with Gasteiger partial charge in [0.1, 0.15) is 5.75 Å². The van der Waals surface area contributed by atoms with Crippen LogP contribution in [0.15, 0.2) is 24.3 Å². The van der Waals surface area contributed by atoms with E-state index in [0.717, 1.165) is 31.7 Å². The van der Waals surface area contributed by atoms with E-state index in [-0.39, 0.29) is 0 Å². The Labute approximate surface area is 131 Å². The Hall–Kier alpha value is -1.32. The van der Waals surface area contributed by atoms with Gasteiger partial charge in [0.2, 0.25) is 0 Å². The van der Waals surface area contributed by atoms with Crippen LogP contribution in [-0.2, 0) is 13.0 Å². The van der Waals surface area contributed by atoms with E-state index in [2.05, 4.69) is 50.4 Å². The van der Waals surface area contributed by atoms with Crippen LogP contribution in [-0.4, -0.2) is 6.61 Å². The van der Waals surface area contributed by atoms with E-state index in [1.807, 2.05) is 11.3 Å². The first kappa shape index (κ1) is 14.6. The zero-order valence-corrected chi connectivity index (χ0v) is 13.8. The number of ether oxygens (including phenoxy) is 1. The SMILES string of the molecule is CCC(NCc1cc(C)c(C)s1)c1ccc2c(c1)CCO2. The second-order valence-electron chi connectivity index (χ2n) is 5.76. The Morgan fingerprint density at radius 2 is 2.14 bits per heavy atom. The van der Waals surface area contributed by atoms with Crippen molar-refractivity contribution in [2.75, 3.05) is 6.61 Å². The van der Waals surface area contributed by atoms with Crippen molar-refractivity contribution in [2.45, 2.75) is 46.2 Å². The van der Waals surface area contributed by atoms with Crippen LogP contribution in [0.4, 0.5) is 0 Å². The van der Waals surface area contributed by atoms with Crippen LogP contribution in [0.5, 0.6) is 5.75 Å². The first-order valence-corrected chi connectivity index (χ1v) is 8.54. The fraction of sp³-hybridized carbons (Fsp3) is 0.444. The minimum atomic E-state index is 0.415. The van der Waals surface area contributed by atoms with Crippen molar-refractivity contribution in [3.63, 3.8) is 0 Å². The minimum Gasteiger partial charge on any atom is -0.493 e. The van der Waals surface area contributed by atoms with Crippen molar-refractivity contribution >= 4 is 11.3 Å². The molecule has 3 heteroatoms. The molecule has 0 spiro atoms. The third-order valence-electron chi connectivity index (χ3n) is 4.26. The second-order valence-corrected chi connectivity index (χ2v) is 7.10. The summed E-state index contributed by atoms with van der Waals surface area (Å²) < 4.78 is 5.59. The molecule has 0 fully saturated rings. The molecule has 2 aromatic rings. The van der Waals surface area contributed by atoms with Crippen molar-refractivity contribution < 1.29 is 4.74 Å². The maximum atomic E-state index is 5.59. The minimum absolute atomic E-state index is 0.415. The predicted octanol–water partition coefficient (Wildman–Crippen LogP) is 4.54. The molecule has 1 aromatic heterocycles. The first-order valence-electron chi connectivity index (χ1n) is 7.72. The molecule has 1 atom stereocenters. The molecular weight excluding hydrogens is 278 g/mol. The van der Waals surface area contributed by atoms with Gasteiger partial charge in [0.05, 0.1) is 6.61 Å². The number of hydrogen-bond acceptors (Lipinski definition) is 3. The summed E-state index contributed by atoms with van der Waals surface area (Å²) in [6, 6.07) is 9.36. The molecule has 0 saturated heterocycles. The smallest absolute Gasteiger partial charge is 0.122 e. The van der Waals surface area contributed by atoms with Gasteiger partial charge in [0.25, 0.3) is 0 Å². The molecule has 0 aliphatic carbocycles. The second kappa shape index (κ2) is 6.20. The Bertz CT molecular complexity index is 613. The van der Waals surface area contributed by atoms with Gasteiger partial charge in [-0.2, -0.15) is 0 Å². The molecule has 1 aliphatic heterocycles. The lowest BCUT2D eigenvalue weighted by Crippen LogP contribution is -2.19. The molecule has 0 saturated carbocycles. The average Bonchev–Trinajstić information content (AvgIpc) is 3.06. The molecule has 1 N–H and O–H groups in total. The molecule has 1 aromatic carbocycles. The van der Waals surface area contributed by atoms with Gasteiger partial charge >= 0.3 is 0 Å². The zero-order valence-electron chi connectivity index (χ0n) is 13.0. The van der Waals surface area contributed by atoms with E-state index in [1.54, 1.807) is 0 Å². The largest absolute Gasteiger partial charge is 0.493 e. The quantitative estimate of drug-likeness (QED) is 0.875. The summed E-state index contributed by atoms with van der Waals surface area (Å²) in [6.07, 6.45) is 2.14. The van der Waals surface area contributed by atoms with E-state index in [0.29, 0.717) is 6.04 Å². The van der Waals surface area contributed by atoms with Crippen molar-refractivity contribution in [1.29, 1.82) is 0 Å². The molecular formula is C18H23NOS. The normalized spacial score (nSPS) is 14.8. The topological polar surface area (TPSA) is 21.3 Å². The molecule has 0 amide bonds. The first-order chi connectivity index (χ1) is 10.2. The number of aryl methyl sites for hydroxylation is 2. The van der Waals surface area contributed by atoms with Gasteiger partial charge in [0.15, 0.2) is 0 Å². The highest BCUT2D eigenvalue weighted by molar-refractivity contribution is 7.12. The van der Waals surface area contributed by atoms with Gasteiger partial charge in [-0.15, -0.1) is 11.3 Å². The summed E-state index contributed by atoms with van der Waals surface area (Å²) in [5, 5.41) is 3.70. The van der Waals surface area contributed by atoms with E-state index in [9.17, 15) is 0 Å². The zero-order chi connectivity index (χ0) is 14.8. The maximum absolute atomic E-state index is 5.59. The molecule has 0 radical (unpaired) electrons. The van der Waals surface area contributed by atoms with Crippen LogP contribution < -0.4 is 10.1 Å². The van der Waals surface area contributed by atoms with Gasteiger partial charge in [-0.1, -0.05) is 19.1 Å². The number of thiophene rings is 1. The highest BCUT2D eigenvalue weighted by atomic mass is 32.1. The standard InChI is InChI=1S/C18H23NOS/c1-4-17(19-11-16-9-12(2)13(3)21-16)14-5-6-18-15(10-14)7-8-20-18/h5-6,9-10,17,19H,4,7-8,11H2,1-3H3. The summed E-state index contributed by atoms with van der Waals surface area (Å²) in [7, 11) is 0. The van der Waals surface area contributed by atoms with E-state index >= 15 is 0 Å². The number of hydrogen-bond donors (Lipinski definition) is 1. The van der Waals surface area contributed by atoms with Crippen LogP contribution in [0.2, 0.25) is 0 Å². The van der Waals surface area contributed by atoms with Crippen molar-refractivity contribution in [3.05, 3.63) is 50.7 Å². The molecule has 2 heterocycles. The molecule has 1 aliphatic rings. The molecule has 21 heavy (non-hydrogen) atoms. The fourth-order valence-electron chi connectivity index (χ4n) is 2.88. The van der Waals surface area contributed by atoms with Gasteiger partial charge in [-0.05, 0) is 49.1 Å². The number of nitrogens with one attached hydrogen (secondary N) is 1. The van der Waals surface area contributed by atoms with Gasteiger partial charge in [0, 0.05) is 28.8 Å². The summed E-state index contributed by atoms with van der Waals surface area (Å²) in [4.78, 5) is 2.85. The van der Waals surface area contributed by atoms with Crippen LogP contribution >= 0.6 is 11.3 Å². The van der Waals surface area contributed by atoms with E-state index in [1.165, 1.54) is 26.4 Å². The van der Waals surface area contributed by atoms with Gasteiger partial charge in [-0.3, -0.25) is 0 Å². The lowest BCUT2D eigenvalue weighted by atomic mass is 10.0. The fourth-order valence-corrected chi connectivity index (χ4v) is 3.89. The van der Waals surface area contributed by atoms with Crippen molar-refractivity contribution in [3.8, 4) is 5.75 Å². The highest BCUT2D eigenvalue weighted by Gasteiger charge is 2.16. The molecule has 0 bridgehead atoms. The number of rotatable bonds is 5. The highest BCUT2D eigenvalue weighted by Crippen LogP contribution is 2.29. The Morgan fingerprint density at radius 3 is 2.86 bits per heavy atom.